The molecule has 2 aromatic heterocycles. The molecule has 0 spiro atoms. The van der Waals surface area contributed by atoms with Crippen LogP contribution >= 0.6 is 0 Å². The number of nitrogens with one attached hydrogen (secondary N) is 1. The fourth-order valence-corrected chi connectivity index (χ4v) is 2.59. The van der Waals surface area contributed by atoms with E-state index in [1.54, 1.807) is 20.3 Å². The van der Waals surface area contributed by atoms with Crippen molar-refractivity contribution in [3.8, 4) is 17.1 Å². The Kier molecular flexibility index (Phi) is 6.83. The molecule has 0 saturated carbocycles. The highest BCUT2D eigenvalue weighted by Crippen LogP contribution is 2.35. The van der Waals surface area contributed by atoms with Gasteiger partial charge in [-0.3, -0.25) is 4.98 Å². The molecule has 158 valence electrons. The van der Waals surface area contributed by atoms with Crippen molar-refractivity contribution in [1.29, 1.82) is 0 Å². The third-order valence-corrected chi connectivity index (χ3v) is 4.20. The van der Waals surface area contributed by atoms with Crippen LogP contribution in [0.1, 0.15) is 11.1 Å². The largest absolute Gasteiger partial charge is 0.476 e. The number of anilines is 1. The summed E-state index contributed by atoms with van der Waals surface area (Å²) in [4.78, 5) is 13.8. The average molecular weight is 417 g/mol. The van der Waals surface area contributed by atoms with E-state index in [9.17, 15) is 13.2 Å². The maximum Gasteiger partial charge on any atom is 0.423 e. The minimum atomic E-state index is -4.59. The number of alkyl halides is 3. The van der Waals surface area contributed by atoms with Gasteiger partial charge in [-0.15, -0.1) is 0 Å². The van der Waals surface area contributed by atoms with Crippen LogP contribution in [-0.4, -0.2) is 47.1 Å². The second-order valence-electron chi connectivity index (χ2n) is 6.83. The van der Waals surface area contributed by atoms with Gasteiger partial charge in [-0.05, 0) is 31.8 Å². The normalized spacial score (nSPS) is 11.5. The van der Waals surface area contributed by atoms with Crippen LogP contribution in [-0.2, 0) is 12.7 Å². The highest BCUT2D eigenvalue weighted by molar-refractivity contribution is 5.59. The molecular weight excluding hydrogens is 395 g/mol. The molecule has 0 unspecified atom stereocenters. The van der Waals surface area contributed by atoms with Gasteiger partial charge in [-0.25, -0.2) is 4.98 Å². The standard InChI is InChI=1S/C21H22F3N5O/c1-29(2)11-12-30-19-17(21(22,23)24)14-27-20(28-19)26-13-15-6-8-16(9-7-15)18-5-3-4-10-25-18/h3-10,14H,11-13H2,1-2H3,(H,26,27,28). The molecule has 3 rings (SSSR count). The SMILES string of the molecule is CN(C)CCOc1nc(NCc2ccc(-c3ccccn3)cc2)ncc1C(F)(F)F. The first-order valence-corrected chi connectivity index (χ1v) is 9.29. The van der Waals surface area contributed by atoms with Crippen molar-refractivity contribution in [2.24, 2.45) is 0 Å². The third kappa shape index (κ3) is 5.90. The van der Waals surface area contributed by atoms with Gasteiger partial charge in [-0.2, -0.15) is 18.2 Å². The summed E-state index contributed by atoms with van der Waals surface area (Å²) in [5, 5.41) is 2.94. The van der Waals surface area contributed by atoms with Gasteiger partial charge in [0.1, 0.15) is 12.2 Å². The maximum absolute atomic E-state index is 13.2. The number of likely N-dealkylation sites (N-methyl/N-ethyl adjacent to an activating group) is 1. The number of hydrogen-bond acceptors (Lipinski definition) is 6. The van der Waals surface area contributed by atoms with Crippen LogP contribution in [0.4, 0.5) is 19.1 Å². The third-order valence-electron chi connectivity index (χ3n) is 4.20. The quantitative estimate of drug-likeness (QED) is 0.595. The molecule has 0 atom stereocenters. The van der Waals surface area contributed by atoms with E-state index in [4.69, 9.17) is 4.74 Å². The van der Waals surface area contributed by atoms with Gasteiger partial charge in [0, 0.05) is 31.0 Å². The Bertz CT molecular complexity index is 947. The van der Waals surface area contributed by atoms with Crippen molar-refractivity contribution in [2.45, 2.75) is 12.7 Å². The highest BCUT2D eigenvalue weighted by atomic mass is 19.4. The zero-order chi connectivity index (χ0) is 21.6. The lowest BCUT2D eigenvalue weighted by molar-refractivity contribution is -0.139. The van der Waals surface area contributed by atoms with E-state index in [-0.39, 0.29) is 12.6 Å². The molecule has 2 heterocycles. The van der Waals surface area contributed by atoms with Gasteiger partial charge in [0.2, 0.25) is 11.8 Å². The summed E-state index contributed by atoms with van der Waals surface area (Å²) < 4.78 is 44.9. The smallest absolute Gasteiger partial charge is 0.423 e. The Morgan fingerprint density at radius 3 is 2.43 bits per heavy atom. The minimum absolute atomic E-state index is 0.0663. The van der Waals surface area contributed by atoms with Crippen molar-refractivity contribution >= 4 is 5.95 Å². The van der Waals surface area contributed by atoms with Crippen LogP contribution in [0.3, 0.4) is 0 Å². The van der Waals surface area contributed by atoms with Gasteiger partial charge < -0.3 is 15.0 Å². The summed E-state index contributed by atoms with van der Waals surface area (Å²) in [6.07, 6.45) is -2.12. The topological polar surface area (TPSA) is 63.2 Å². The number of benzene rings is 1. The zero-order valence-electron chi connectivity index (χ0n) is 16.6. The molecule has 9 heteroatoms. The van der Waals surface area contributed by atoms with Gasteiger partial charge in [0.25, 0.3) is 0 Å². The molecule has 3 aromatic rings. The number of pyridine rings is 1. The number of hydrogen-bond donors (Lipinski definition) is 1. The minimum Gasteiger partial charge on any atom is -0.476 e. The summed E-state index contributed by atoms with van der Waals surface area (Å²) >= 11 is 0. The summed E-state index contributed by atoms with van der Waals surface area (Å²) in [6.45, 7) is 0.902. The van der Waals surface area contributed by atoms with Crippen molar-refractivity contribution < 1.29 is 17.9 Å². The van der Waals surface area contributed by atoms with Crippen LogP contribution in [0.2, 0.25) is 0 Å². The molecule has 0 aliphatic rings. The van der Waals surface area contributed by atoms with Gasteiger partial charge >= 0.3 is 6.18 Å². The Hall–Kier alpha value is -3.20. The van der Waals surface area contributed by atoms with E-state index in [2.05, 4.69) is 20.3 Å². The summed E-state index contributed by atoms with van der Waals surface area (Å²) in [5.41, 5.74) is 1.77. The van der Waals surface area contributed by atoms with Crippen molar-refractivity contribution in [2.75, 3.05) is 32.6 Å². The van der Waals surface area contributed by atoms with E-state index in [1.165, 1.54) is 0 Å². The lowest BCUT2D eigenvalue weighted by atomic mass is 10.1. The zero-order valence-corrected chi connectivity index (χ0v) is 16.6. The number of nitrogens with zero attached hydrogens (tertiary/aromatic N) is 4. The fourth-order valence-electron chi connectivity index (χ4n) is 2.59. The Morgan fingerprint density at radius 2 is 1.80 bits per heavy atom. The first-order chi connectivity index (χ1) is 14.3. The Balaban J connectivity index is 1.68. The molecule has 0 aliphatic heterocycles. The van der Waals surface area contributed by atoms with Crippen molar-refractivity contribution in [1.82, 2.24) is 19.9 Å². The first kappa shape index (κ1) is 21.5. The van der Waals surface area contributed by atoms with E-state index in [0.29, 0.717) is 13.1 Å². The summed E-state index contributed by atoms with van der Waals surface area (Å²) in [6, 6.07) is 13.4. The van der Waals surface area contributed by atoms with Gasteiger partial charge in [-0.1, -0.05) is 30.3 Å². The predicted molar refractivity (Wildman–Crippen MR) is 108 cm³/mol. The average Bonchev–Trinajstić information content (AvgIpc) is 2.72. The number of ether oxygens (including phenoxy) is 1. The monoisotopic (exact) mass is 417 g/mol. The van der Waals surface area contributed by atoms with E-state index < -0.39 is 17.6 Å². The van der Waals surface area contributed by atoms with Crippen LogP contribution in [0.5, 0.6) is 5.88 Å². The molecule has 0 fully saturated rings. The summed E-state index contributed by atoms with van der Waals surface area (Å²) in [7, 11) is 3.61. The number of aromatic nitrogens is 3. The predicted octanol–water partition coefficient (Wildman–Crippen LogP) is 4.11. The molecular formula is C21H22F3N5O. The maximum atomic E-state index is 13.2. The molecule has 6 nitrogen and oxygen atoms in total. The number of rotatable bonds is 8. The molecule has 1 N–H and O–H groups in total. The van der Waals surface area contributed by atoms with Crippen LogP contribution < -0.4 is 10.1 Å². The molecule has 30 heavy (non-hydrogen) atoms. The van der Waals surface area contributed by atoms with Crippen molar-refractivity contribution in [3.05, 3.63) is 66.0 Å². The molecule has 0 amide bonds. The van der Waals surface area contributed by atoms with Crippen LogP contribution in [0, 0.1) is 0 Å². The molecule has 0 radical (unpaired) electrons. The lowest BCUT2D eigenvalue weighted by Crippen LogP contribution is -2.21. The van der Waals surface area contributed by atoms with Crippen LogP contribution in [0.25, 0.3) is 11.3 Å². The summed E-state index contributed by atoms with van der Waals surface area (Å²) in [5.74, 6) is -0.413. The molecule has 1 aromatic carbocycles. The van der Waals surface area contributed by atoms with Gasteiger partial charge in [0.15, 0.2) is 0 Å². The van der Waals surface area contributed by atoms with Gasteiger partial charge in [0.05, 0.1) is 5.69 Å². The first-order valence-electron chi connectivity index (χ1n) is 9.29. The molecule has 0 saturated heterocycles. The second-order valence-corrected chi connectivity index (χ2v) is 6.83. The van der Waals surface area contributed by atoms with E-state index in [1.807, 2.05) is 47.4 Å². The second kappa shape index (κ2) is 9.53. The lowest BCUT2D eigenvalue weighted by Gasteiger charge is -2.15. The Morgan fingerprint density at radius 1 is 1.03 bits per heavy atom. The van der Waals surface area contributed by atoms with Crippen molar-refractivity contribution in [3.63, 3.8) is 0 Å². The Labute approximate surface area is 172 Å². The number of halogens is 3. The highest BCUT2D eigenvalue weighted by Gasteiger charge is 2.36. The van der Waals surface area contributed by atoms with Crippen LogP contribution in [0.15, 0.2) is 54.9 Å². The molecule has 0 aliphatic carbocycles. The fraction of sp³-hybridized carbons (Fsp3) is 0.286. The van der Waals surface area contributed by atoms with E-state index >= 15 is 0 Å². The molecule has 0 bridgehead atoms. The van der Waals surface area contributed by atoms with E-state index in [0.717, 1.165) is 23.0 Å².